The van der Waals surface area contributed by atoms with Crippen molar-refractivity contribution in [2.75, 3.05) is 12.0 Å². The zero-order valence-corrected chi connectivity index (χ0v) is 20.8. The lowest BCUT2D eigenvalue weighted by Gasteiger charge is -2.27. The van der Waals surface area contributed by atoms with Gasteiger partial charge in [-0.2, -0.15) is 11.8 Å². The first-order valence-corrected chi connectivity index (χ1v) is 12.5. The van der Waals surface area contributed by atoms with Crippen LogP contribution in [0.3, 0.4) is 0 Å². The number of thioether (sulfide) groups is 1. The molecular weight excluding hydrogens is 476 g/mol. The lowest BCUT2D eigenvalue weighted by atomic mass is 10.00. The summed E-state index contributed by atoms with van der Waals surface area (Å²) in [4.78, 5) is 60.8. The topological polar surface area (TPSA) is 188 Å². The Labute approximate surface area is 208 Å². The van der Waals surface area contributed by atoms with Crippen molar-refractivity contribution in [1.82, 2.24) is 16.0 Å². The normalized spacial score (nSPS) is 14.3. The van der Waals surface area contributed by atoms with E-state index in [9.17, 15) is 29.1 Å². The van der Waals surface area contributed by atoms with E-state index in [1.165, 1.54) is 11.8 Å². The molecule has 12 heteroatoms. The van der Waals surface area contributed by atoms with Crippen LogP contribution in [0.5, 0.6) is 0 Å². The van der Waals surface area contributed by atoms with E-state index >= 15 is 0 Å². The zero-order chi connectivity index (χ0) is 26.5. The number of carboxylic acids is 2. The largest absolute Gasteiger partial charge is 0.481 e. The SMILES string of the molecule is CSCCC(NC(=O)C(Cc1ccccc1)NC(=O)C(NC(=O)C(N)CC(=O)O)C(C)C)C(=O)O. The highest BCUT2D eigenvalue weighted by molar-refractivity contribution is 7.98. The van der Waals surface area contributed by atoms with Gasteiger partial charge in [0.25, 0.3) is 0 Å². The minimum Gasteiger partial charge on any atom is -0.481 e. The Morgan fingerprint density at radius 3 is 2.03 bits per heavy atom. The van der Waals surface area contributed by atoms with Gasteiger partial charge in [0, 0.05) is 6.42 Å². The molecule has 4 atom stereocenters. The van der Waals surface area contributed by atoms with E-state index in [2.05, 4.69) is 16.0 Å². The Balaban J connectivity index is 3.07. The minimum atomic E-state index is -1.35. The Kier molecular flexibility index (Phi) is 12.8. The average Bonchev–Trinajstić information content (AvgIpc) is 2.79. The first-order chi connectivity index (χ1) is 16.5. The van der Waals surface area contributed by atoms with Crippen LogP contribution in [0.4, 0.5) is 0 Å². The number of nitrogens with one attached hydrogen (secondary N) is 3. The van der Waals surface area contributed by atoms with Gasteiger partial charge in [-0.3, -0.25) is 19.2 Å². The number of carboxylic acid groups (broad SMARTS) is 2. The van der Waals surface area contributed by atoms with Gasteiger partial charge < -0.3 is 31.9 Å². The van der Waals surface area contributed by atoms with Crippen molar-refractivity contribution >= 4 is 41.4 Å². The predicted octanol–water partition coefficient (Wildman–Crippen LogP) is -0.0208. The van der Waals surface area contributed by atoms with Crippen LogP contribution >= 0.6 is 11.8 Å². The summed E-state index contributed by atoms with van der Waals surface area (Å²) < 4.78 is 0. The lowest BCUT2D eigenvalue weighted by Crippen LogP contribution is -2.59. The van der Waals surface area contributed by atoms with Crippen LogP contribution in [-0.2, 0) is 30.4 Å². The second kappa shape index (κ2) is 15.0. The summed E-state index contributed by atoms with van der Waals surface area (Å²) in [6.45, 7) is 3.34. The molecule has 4 unspecified atom stereocenters. The summed E-state index contributed by atoms with van der Waals surface area (Å²) in [6.07, 6.45) is 1.51. The number of aliphatic carboxylic acids is 2. The van der Waals surface area contributed by atoms with Crippen LogP contribution in [0.15, 0.2) is 30.3 Å². The number of hydrogen-bond donors (Lipinski definition) is 6. The van der Waals surface area contributed by atoms with E-state index in [0.29, 0.717) is 5.75 Å². The van der Waals surface area contributed by atoms with Crippen LogP contribution in [0.1, 0.15) is 32.3 Å². The maximum absolute atomic E-state index is 13.1. The highest BCUT2D eigenvalue weighted by Crippen LogP contribution is 2.09. The molecule has 0 saturated carbocycles. The van der Waals surface area contributed by atoms with Gasteiger partial charge in [0.05, 0.1) is 12.5 Å². The molecule has 0 spiro atoms. The van der Waals surface area contributed by atoms with E-state index in [-0.39, 0.29) is 12.8 Å². The summed E-state index contributed by atoms with van der Waals surface area (Å²) in [5.41, 5.74) is 6.33. The number of nitrogens with two attached hydrogens (primary N) is 1. The Hall–Kier alpha value is -3.12. The van der Waals surface area contributed by atoms with Crippen molar-refractivity contribution < 1.29 is 34.2 Å². The molecule has 35 heavy (non-hydrogen) atoms. The smallest absolute Gasteiger partial charge is 0.326 e. The number of carbonyl (C=O) groups excluding carboxylic acids is 3. The van der Waals surface area contributed by atoms with E-state index < -0.39 is 66.2 Å². The summed E-state index contributed by atoms with van der Waals surface area (Å²) >= 11 is 1.44. The van der Waals surface area contributed by atoms with Gasteiger partial charge in [-0.25, -0.2) is 4.79 Å². The second-order valence-electron chi connectivity index (χ2n) is 8.37. The highest BCUT2D eigenvalue weighted by Gasteiger charge is 2.32. The van der Waals surface area contributed by atoms with E-state index in [0.717, 1.165) is 5.56 Å². The maximum atomic E-state index is 13.1. The Morgan fingerprint density at radius 1 is 0.914 bits per heavy atom. The van der Waals surface area contributed by atoms with Crippen molar-refractivity contribution in [2.45, 2.75) is 57.3 Å². The number of hydrogen-bond acceptors (Lipinski definition) is 7. The van der Waals surface area contributed by atoms with Gasteiger partial charge >= 0.3 is 11.9 Å². The van der Waals surface area contributed by atoms with Gasteiger partial charge in [0.15, 0.2) is 0 Å². The van der Waals surface area contributed by atoms with Gasteiger partial charge in [-0.1, -0.05) is 44.2 Å². The Morgan fingerprint density at radius 2 is 1.51 bits per heavy atom. The van der Waals surface area contributed by atoms with Crippen LogP contribution in [-0.4, -0.2) is 76.0 Å². The molecule has 0 saturated heterocycles. The monoisotopic (exact) mass is 510 g/mol. The molecule has 0 fully saturated rings. The fourth-order valence-electron chi connectivity index (χ4n) is 3.16. The third kappa shape index (κ3) is 10.8. The van der Waals surface area contributed by atoms with Gasteiger partial charge in [-0.05, 0) is 29.9 Å². The van der Waals surface area contributed by atoms with E-state index in [1.54, 1.807) is 44.2 Å². The maximum Gasteiger partial charge on any atom is 0.326 e. The summed E-state index contributed by atoms with van der Waals surface area (Å²) in [5.74, 6) is -4.50. The molecule has 0 radical (unpaired) electrons. The third-order valence-corrected chi connectivity index (χ3v) is 5.76. The van der Waals surface area contributed by atoms with Crippen LogP contribution in [0, 0.1) is 5.92 Å². The van der Waals surface area contributed by atoms with Gasteiger partial charge in [-0.15, -0.1) is 0 Å². The number of amides is 3. The number of rotatable bonds is 15. The zero-order valence-electron chi connectivity index (χ0n) is 20.0. The Bertz CT molecular complexity index is 882. The van der Waals surface area contributed by atoms with Crippen molar-refractivity contribution in [1.29, 1.82) is 0 Å². The molecule has 3 amide bonds. The van der Waals surface area contributed by atoms with Crippen LogP contribution in [0.2, 0.25) is 0 Å². The molecule has 11 nitrogen and oxygen atoms in total. The first kappa shape index (κ1) is 29.9. The predicted molar refractivity (Wildman–Crippen MR) is 132 cm³/mol. The van der Waals surface area contributed by atoms with E-state index in [1.807, 2.05) is 6.26 Å². The van der Waals surface area contributed by atoms with Crippen LogP contribution in [0.25, 0.3) is 0 Å². The highest BCUT2D eigenvalue weighted by atomic mass is 32.2. The fourth-order valence-corrected chi connectivity index (χ4v) is 3.63. The van der Waals surface area contributed by atoms with Crippen molar-refractivity contribution in [3.63, 3.8) is 0 Å². The molecule has 0 aromatic heterocycles. The summed E-state index contributed by atoms with van der Waals surface area (Å²) in [6, 6.07) is 4.18. The molecule has 0 aliphatic heterocycles. The summed E-state index contributed by atoms with van der Waals surface area (Å²) in [5, 5.41) is 25.9. The standard InChI is InChI=1S/C23H34N4O7S/c1-13(2)19(27-20(30)15(24)12-18(28)29)22(32)26-17(11-14-7-5-4-6-8-14)21(31)25-16(23(33)34)9-10-35-3/h4-8,13,15-17,19H,9-12,24H2,1-3H3,(H,25,31)(H,26,32)(H,27,30)(H,28,29)(H,33,34). The molecule has 0 bridgehead atoms. The van der Waals surface area contributed by atoms with Crippen LogP contribution < -0.4 is 21.7 Å². The average molecular weight is 511 g/mol. The van der Waals surface area contributed by atoms with Gasteiger partial charge in [0.2, 0.25) is 17.7 Å². The molecule has 0 aliphatic rings. The van der Waals surface area contributed by atoms with E-state index in [4.69, 9.17) is 10.8 Å². The van der Waals surface area contributed by atoms with Gasteiger partial charge in [0.1, 0.15) is 18.1 Å². The lowest BCUT2D eigenvalue weighted by molar-refractivity contribution is -0.142. The first-order valence-electron chi connectivity index (χ1n) is 11.1. The molecular formula is C23H34N4O7S. The van der Waals surface area contributed by atoms with Crippen molar-refractivity contribution in [2.24, 2.45) is 11.7 Å². The second-order valence-corrected chi connectivity index (χ2v) is 9.35. The fraction of sp³-hybridized carbons (Fsp3) is 0.522. The third-order valence-electron chi connectivity index (χ3n) is 5.12. The molecule has 1 aromatic rings. The minimum absolute atomic E-state index is 0.0879. The molecule has 7 N–H and O–H groups in total. The van der Waals surface area contributed by atoms with Crippen molar-refractivity contribution in [3.05, 3.63) is 35.9 Å². The molecule has 194 valence electrons. The number of carbonyl (C=O) groups is 5. The molecule has 1 rings (SSSR count). The molecule has 1 aromatic carbocycles. The summed E-state index contributed by atoms with van der Waals surface area (Å²) in [7, 11) is 0. The quantitative estimate of drug-likeness (QED) is 0.188. The number of benzene rings is 1. The van der Waals surface area contributed by atoms with Crippen molar-refractivity contribution in [3.8, 4) is 0 Å². The molecule has 0 aliphatic carbocycles. The molecule has 0 heterocycles.